The van der Waals surface area contributed by atoms with Crippen LogP contribution in [0.3, 0.4) is 0 Å². The zero-order chi connectivity index (χ0) is 13.0. The second-order valence-electron chi connectivity index (χ2n) is 4.47. The molecule has 0 aliphatic heterocycles. The third kappa shape index (κ3) is 3.25. The molecule has 94 valence electrons. The van der Waals surface area contributed by atoms with Gasteiger partial charge >= 0.3 is 0 Å². The number of nitrogen functional groups attached to an aromatic ring is 1. The Morgan fingerprint density at radius 2 is 1.72 bits per heavy atom. The lowest BCUT2D eigenvalue weighted by Crippen LogP contribution is -2.18. The topological polar surface area (TPSA) is 29.3 Å². The summed E-state index contributed by atoms with van der Waals surface area (Å²) in [4.78, 5) is 2.22. The quantitative estimate of drug-likeness (QED) is 0.852. The smallest absolute Gasteiger partial charge is 0.0638 e. The van der Waals surface area contributed by atoms with Crippen LogP contribution in [0, 0.1) is 0 Å². The van der Waals surface area contributed by atoms with Crippen LogP contribution in [-0.2, 0) is 13.1 Å². The molecule has 2 aromatic rings. The molecular formula is C15H17ClN2. The Morgan fingerprint density at radius 3 is 2.44 bits per heavy atom. The number of halogens is 1. The van der Waals surface area contributed by atoms with Crippen molar-refractivity contribution in [2.75, 3.05) is 12.8 Å². The Bertz CT molecular complexity index is 511. The molecule has 18 heavy (non-hydrogen) atoms. The van der Waals surface area contributed by atoms with E-state index in [1.54, 1.807) is 0 Å². The lowest BCUT2D eigenvalue weighted by Gasteiger charge is -2.18. The van der Waals surface area contributed by atoms with E-state index in [4.69, 9.17) is 17.3 Å². The molecule has 2 nitrogen and oxygen atoms in total. The summed E-state index contributed by atoms with van der Waals surface area (Å²) in [6.07, 6.45) is 0. The SMILES string of the molecule is CN(Cc1ccccc1)Cc1cccc(Cl)c1N. The van der Waals surface area contributed by atoms with Gasteiger partial charge in [0.2, 0.25) is 0 Å². The number of nitrogens with two attached hydrogens (primary N) is 1. The van der Waals surface area contributed by atoms with Crippen molar-refractivity contribution in [3.05, 3.63) is 64.7 Å². The van der Waals surface area contributed by atoms with Crippen molar-refractivity contribution in [1.82, 2.24) is 4.90 Å². The summed E-state index contributed by atoms with van der Waals surface area (Å²) in [6.45, 7) is 1.69. The van der Waals surface area contributed by atoms with Crippen molar-refractivity contribution in [3.63, 3.8) is 0 Å². The third-order valence-electron chi connectivity index (χ3n) is 2.88. The highest BCUT2D eigenvalue weighted by Crippen LogP contribution is 2.23. The van der Waals surface area contributed by atoms with Crippen molar-refractivity contribution in [1.29, 1.82) is 0 Å². The van der Waals surface area contributed by atoms with Gasteiger partial charge in [0.15, 0.2) is 0 Å². The average molecular weight is 261 g/mol. The number of hydrogen-bond donors (Lipinski definition) is 1. The van der Waals surface area contributed by atoms with Crippen molar-refractivity contribution in [2.45, 2.75) is 13.1 Å². The summed E-state index contributed by atoms with van der Waals surface area (Å²) in [6, 6.07) is 16.1. The van der Waals surface area contributed by atoms with Crippen molar-refractivity contribution >= 4 is 17.3 Å². The Balaban J connectivity index is 2.03. The molecule has 0 atom stereocenters. The molecule has 0 unspecified atom stereocenters. The summed E-state index contributed by atoms with van der Waals surface area (Å²) in [5.74, 6) is 0. The predicted octanol–water partition coefficient (Wildman–Crippen LogP) is 3.55. The lowest BCUT2D eigenvalue weighted by atomic mass is 10.1. The van der Waals surface area contributed by atoms with Gasteiger partial charge in [-0.2, -0.15) is 0 Å². The molecule has 0 fully saturated rings. The molecule has 2 aromatic carbocycles. The Morgan fingerprint density at radius 1 is 1.00 bits per heavy atom. The molecule has 0 spiro atoms. The highest BCUT2D eigenvalue weighted by molar-refractivity contribution is 6.33. The van der Waals surface area contributed by atoms with Crippen LogP contribution in [0.15, 0.2) is 48.5 Å². The van der Waals surface area contributed by atoms with Gasteiger partial charge in [-0.3, -0.25) is 4.90 Å². The number of nitrogens with zero attached hydrogens (tertiary/aromatic N) is 1. The van der Waals surface area contributed by atoms with E-state index < -0.39 is 0 Å². The van der Waals surface area contributed by atoms with E-state index in [2.05, 4.69) is 36.2 Å². The normalized spacial score (nSPS) is 10.8. The summed E-state index contributed by atoms with van der Waals surface area (Å²) in [5, 5.41) is 0.626. The minimum atomic E-state index is 0.626. The molecule has 0 amide bonds. The Kier molecular flexibility index (Phi) is 4.24. The number of hydrogen-bond acceptors (Lipinski definition) is 2. The zero-order valence-corrected chi connectivity index (χ0v) is 11.2. The molecule has 0 aliphatic rings. The summed E-state index contributed by atoms with van der Waals surface area (Å²) < 4.78 is 0. The molecule has 3 heteroatoms. The molecule has 0 bridgehead atoms. The Hall–Kier alpha value is -1.51. The fourth-order valence-corrected chi connectivity index (χ4v) is 2.16. The van der Waals surface area contributed by atoms with E-state index in [-0.39, 0.29) is 0 Å². The van der Waals surface area contributed by atoms with Gasteiger partial charge in [0.25, 0.3) is 0 Å². The highest BCUT2D eigenvalue weighted by Gasteiger charge is 2.06. The van der Waals surface area contributed by atoms with Gasteiger partial charge in [-0.15, -0.1) is 0 Å². The largest absolute Gasteiger partial charge is 0.397 e. The molecule has 0 saturated carbocycles. The van der Waals surface area contributed by atoms with E-state index in [9.17, 15) is 0 Å². The first-order valence-corrected chi connectivity index (χ1v) is 6.30. The van der Waals surface area contributed by atoms with E-state index in [0.29, 0.717) is 10.7 Å². The minimum absolute atomic E-state index is 0.626. The van der Waals surface area contributed by atoms with E-state index >= 15 is 0 Å². The Labute approximate surface area is 113 Å². The molecular weight excluding hydrogens is 244 g/mol. The molecule has 0 radical (unpaired) electrons. The second-order valence-corrected chi connectivity index (χ2v) is 4.88. The maximum absolute atomic E-state index is 6.01. The number of anilines is 1. The minimum Gasteiger partial charge on any atom is -0.397 e. The van der Waals surface area contributed by atoms with Crippen LogP contribution in [0.2, 0.25) is 5.02 Å². The van der Waals surface area contributed by atoms with Gasteiger partial charge in [-0.25, -0.2) is 0 Å². The van der Waals surface area contributed by atoms with Crippen LogP contribution in [0.25, 0.3) is 0 Å². The van der Waals surface area contributed by atoms with Crippen molar-refractivity contribution < 1.29 is 0 Å². The molecule has 2 rings (SSSR count). The number of rotatable bonds is 4. The van der Waals surface area contributed by atoms with E-state index in [1.165, 1.54) is 5.56 Å². The molecule has 0 aromatic heterocycles. The average Bonchev–Trinajstić information content (AvgIpc) is 2.36. The van der Waals surface area contributed by atoms with Crippen molar-refractivity contribution in [3.8, 4) is 0 Å². The molecule has 2 N–H and O–H groups in total. The van der Waals surface area contributed by atoms with Gasteiger partial charge in [-0.1, -0.05) is 54.1 Å². The van der Waals surface area contributed by atoms with Gasteiger partial charge in [0.1, 0.15) is 0 Å². The van der Waals surface area contributed by atoms with Gasteiger partial charge in [-0.05, 0) is 24.2 Å². The molecule has 0 saturated heterocycles. The van der Waals surface area contributed by atoms with Gasteiger partial charge in [0.05, 0.1) is 10.7 Å². The van der Waals surface area contributed by atoms with Gasteiger partial charge in [0, 0.05) is 13.1 Å². The van der Waals surface area contributed by atoms with Gasteiger partial charge < -0.3 is 5.73 Å². The monoisotopic (exact) mass is 260 g/mol. The fraction of sp³-hybridized carbons (Fsp3) is 0.200. The fourth-order valence-electron chi connectivity index (χ4n) is 1.96. The van der Waals surface area contributed by atoms with Crippen LogP contribution in [-0.4, -0.2) is 11.9 Å². The first-order chi connectivity index (χ1) is 8.66. The standard InChI is InChI=1S/C15H17ClN2/c1-18(10-12-6-3-2-4-7-12)11-13-8-5-9-14(16)15(13)17/h2-9H,10-11,17H2,1H3. The first kappa shape index (κ1) is 12.9. The lowest BCUT2D eigenvalue weighted by molar-refractivity contribution is 0.319. The van der Waals surface area contributed by atoms with Crippen LogP contribution >= 0.6 is 11.6 Å². The van der Waals surface area contributed by atoms with Crippen LogP contribution < -0.4 is 5.73 Å². The number of para-hydroxylation sites is 1. The maximum Gasteiger partial charge on any atom is 0.0638 e. The molecule has 0 heterocycles. The summed E-state index contributed by atoms with van der Waals surface area (Å²) in [7, 11) is 2.08. The maximum atomic E-state index is 6.01. The zero-order valence-electron chi connectivity index (χ0n) is 10.4. The first-order valence-electron chi connectivity index (χ1n) is 5.92. The highest BCUT2D eigenvalue weighted by atomic mass is 35.5. The van der Waals surface area contributed by atoms with Crippen LogP contribution in [0.4, 0.5) is 5.69 Å². The summed E-state index contributed by atoms with van der Waals surface area (Å²) in [5.41, 5.74) is 9.01. The number of benzene rings is 2. The van der Waals surface area contributed by atoms with Crippen LogP contribution in [0.5, 0.6) is 0 Å². The predicted molar refractivity (Wildman–Crippen MR) is 77.5 cm³/mol. The molecule has 0 aliphatic carbocycles. The van der Waals surface area contributed by atoms with Crippen LogP contribution in [0.1, 0.15) is 11.1 Å². The van der Waals surface area contributed by atoms with E-state index in [1.807, 2.05) is 24.3 Å². The third-order valence-corrected chi connectivity index (χ3v) is 3.21. The van der Waals surface area contributed by atoms with Crippen molar-refractivity contribution in [2.24, 2.45) is 0 Å². The summed E-state index contributed by atoms with van der Waals surface area (Å²) >= 11 is 6.01. The van der Waals surface area contributed by atoms with E-state index in [0.717, 1.165) is 18.7 Å². The second kappa shape index (κ2) is 5.89.